The SMILES string of the molecule is O=C(CN1C(=O)SC(=Cc2cc(Cl)c(OCc3ccc4ccccc4c3)c(Cl)c2)C1=O)N1CCCCCC1. The van der Waals surface area contributed by atoms with Gasteiger partial charge in [0.25, 0.3) is 11.1 Å². The van der Waals surface area contributed by atoms with Gasteiger partial charge in [-0.25, -0.2) is 0 Å². The van der Waals surface area contributed by atoms with Gasteiger partial charge in [-0.2, -0.15) is 0 Å². The normalized spacial score (nSPS) is 17.4. The molecule has 0 radical (unpaired) electrons. The fraction of sp³-hybridized carbons (Fsp3) is 0.276. The monoisotopic (exact) mass is 568 g/mol. The first-order valence-corrected chi connectivity index (χ1v) is 14.1. The molecule has 0 bridgehead atoms. The number of hydrogen-bond acceptors (Lipinski definition) is 5. The Morgan fingerprint density at radius 1 is 0.921 bits per heavy atom. The van der Waals surface area contributed by atoms with E-state index in [1.807, 2.05) is 30.3 Å². The van der Waals surface area contributed by atoms with E-state index in [0.29, 0.717) is 34.4 Å². The Bertz CT molecular complexity index is 1410. The topological polar surface area (TPSA) is 66.9 Å². The molecule has 0 aliphatic carbocycles. The fourth-order valence-electron chi connectivity index (χ4n) is 4.63. The van der Waals surface area contributed by atoms with Gasteiger partial charge in [-0.3, -0.25) is 19.3 Å². The standard InChI is InChI=1S/C29H26Cl2N2O4S/c30-23-14-20(15-24(31)27(23)37-18-19-9-10-21-7-3-4-8-22(21)13-19)16-25-28(35)33(29(36)38-25)17-26(34)32-11-5-1-2-6-12-32/h3-4,7-10,13-16H,1-2,5-6,11-12,17-18H2. The van der Waals surface area contributed by atoms with Crippen LogP contribution in [0.1, 0.15) is 36.8 Å². The molecule has 2 aliphatic rings. The van der Waals surface area contributed by atoms with Gasteiger partial charge < -0.3 is 9.64 Å². The average Bonchev–Trinajstić information content (AvgIpc) is 3.09. The van der Waals surface area contributed by atoms with E-state index in [1.54, 1.807) is 23.1 Å². The van der Waals surface area contributed by atoms with Gasteiger partial charge in [0.15, 0.2) is 5.75 Å². The van der Waals surface area contributed by atoms with E-state index in [4.69, 9.17) is 27.9 Å². The summed E-state index contributed by atoms with van der Waals surface area (Å²) in [7, 11) is 0. The average molecular weight is 570 g/mol. The maximum Gasteiger partial charge on any atom is 0.294 e. The van der Waals surface area contributed by atoms with Crippen LogP contribution in [0.2, 0.25) is 10.0 Å². The van der Waals surface area contributed by atoms with Gasteiger partial charge >= 0.3 is 0 Å². The van der Waals surface area contributed by atoms with Crippen LogP contribution in [-0.2, 0) is 16.2 Å². The van der Waals surface area contributed by atoms with Gasteiger partial charge in [0.05, 0.1) is 15.0 Å². The van der Waals surface area contributed by atoms with Crippen molar-refractivity contribution in [2.24, 2.45) is 0 Å². The third kappa shape index (κ3) is 6.01. The molecule has 3 amide bonds. The quantitative estimate of drug-likeness (QED) is 0.295. The summed E-state index contributed by atoms with van der Waals surface area (Å²) >= 11 is 13.8. The number of likely N-dealkylation sites (tertiary alicyclic amines) is 1. The van der Waals surface area contributed by atoms with Crippen molar-refractivity contribution in [2.75, 3.05) is 19.6 Å². The lowest BCUT2D eigenvalue weighted by Crippen LogP contribution is -2.42. The van der Waals surface area contributed by atoms with Gasteiger partial charge in [0, 0.05) is 13.1 Å². The molecule has 2 aliphatic heterocycles. The molecule has 0 saturated carbocycles. The molecule has 0 N–H and O–H groups in total. The van der Waals surface area contributed by atoms with Crippen LogP contribution in [0.25, 0.3) is 16.8 Å². The second kappa shape index (κ2) is 11.8. The van der Waals surface area contributed by atoms with Crippen molar-refractivity contribution in [2.45, 2.75) is 32.3 Å². The Balaban J connectivity index is 1.26. The van der Waals surface area contributed by atoms with Crippen molar-refractivity contribution < 1.29 is 19.1 Å². The maximum absolute atomic E-state index is 13.0. The number of benzene rings is 3. The van der Waals surface area contributed by atoms with Crippen LogP contribution >= 0.6 is 35.0 Å². The summed E-state index contributed by atoms with van der Waals surface area (Å²) in [6.07, 6.45) is 5.62. The van der Waals surface area contributed by atoms with E-state index < -0.39 is 11.1 Å². The number of nitrogens with zero attached hydrogens (tertiary/aromatic N) is 2. The lowest BCUT2D eigenvalue weighted by atomic mass is 10.1. The molecule has 2 saturated heterocycles. The number of hydrogen-bond donors (Lipinski definition) is 0. The third-order valence-electron chi connectivity index (χ3n) is 6.64. The third-order valence-corrected chi connectivity index (χ3v) is 8.11. The van der Waals surface area contributed by atoms with Crippen LogP contribution in [0.4, 0.5) is 4.79 Å². The van der Waals surface area contributed by atoms with Crippen molar-refractivity contribution in [3.8, 4) is 5.75 Å². The van der Waals surface area contributed by atoms with E-state index >= 15 is 0 Å². The Labute approximate surface area is 235 Å². The minimum Gasteiger partial charge on any atom is -0.486 e. The summed E-state index contributed by atoms with van der Waals surface area (Å²) in [5.41, 5.74) is 1.53. The van der Waals surface area contributed by atoms with Gasteiger partial charge in [-0.1, -0.05) is 72.4 Å². The predicted molar refractivity (Wildman–Crippen MR) is 152 cm³/mol. The highest BCUT2D eigenvalue weighted by Gasteiger charge is 2.37. The predicted octanol–water partition coefficient (Wildman–Crippen LogP) is 7.16. The van der Waals surface area contributed by atoms with E-state index in [0.717, 1.165) is 58.7 Å². The summed E-state index contributed by atoms with van der Waals surface area (Å²) < 4.78 is 5.93. The Morgan fingerprint density at radius 2 is 1.61 bits per heavy atom. The number of amides is 3. The van der Waals surface area contributed by atoms with Gasteiger partial charge in [-0.05, 0) is 70.8 Å². The molecule has 2 heterocycles. The molecule has 3 aromatic rings. The molecular weight excluding hydrogens is 543 g/mol. The lowest BCUT2D eigenvalue weighted by molar-refractivity contribution is -0.135. The van der Waals surface area contributed by atoms with E-state index in [2.05, 4.69) is 12.1 Å². The molecule has 0 spiro atoms. The van der Waals surface area contributed by atoms with Crippen LogP contribution in [0.3, 0.4) is 0 Å². The van der Waals surface area contributed by atoms with Gasteiger partial charge in [-0.15, -0.1) is 0 Å². The smallest absolute Gasteiger partial charge is 0.294 e. The molecule has 196 valence electrons. The van der Waals surface area contributed by atoms with Crippen LogP contribution in [0.5, 0.6) is 5.75 Å². The molecular formula is C29H26Cl2N2O4S. The molecule has 5 rings (SSSR count). The lowest BCUT2D eigenvalue weighted by Gasteiger charge is -2.22. The molecule has 6 nitrogen and oxygen atoms in total. The molecule has 2 fully saturated rings. The van der Waals surface area contributed by atoms with Crippen molar-refractivity contribution in [1.29, 1.82) is 0 Å². The number of carbonyl (C=O) groups excluding carboxylic acids is 3. The number of imide groups is 1. The Morgan fingerprint density at radius 3 is 2.32 bits per heavy atom. The maximum atomic E-state index is 13.0. The fourth-order valence-corrected chi connectivity index (χ4v) is 6.08. The van der Waals surface area contributed by atoms with E-state index in [9.17, 15) is 14.4 Å². The second-order valence-electron chi connectivity index (χ2n) is 9.35. The van der Waals surface area contributed by atoms with Crippen LogP contribution in [-0.4, -0.2) is 46.5 Å². The Hall–Kier alpha value is -3.00. The first kappa shape index (κ1) is 26.6. The second-order valence-corrected chi connectivity index (χ2v) is 11.2. The summed E-state index contributed by atoms with van der Waals surface area (Å²) in [4.78, 5) is 41.2. The van der Waals surface area contributed by atoms with E-state index in [-0.39, 0.29) is 24.0 Å². The summed E-state index contributed by atoms with van der Waals surface area (Å²) in [5, 5.41) is 2.38. The first-order chi connectivity index (χ1) is 18.4. The minimum absolute atomic E-state index is 0.200. The van der Waals surface area contributed by atoms with E-state index in [1.165, 1.54) is 0 Å². The number of rotatable bonds is 6. The van der Waals surface area contributed by atoms with Crippen molar-refractivity contribution in [1.82, 2.24) is 9.80 Å². The first-order valence-electron chi connectivity index (χ1n) is 12.5. The molecule has 9 heteroatoms. The highest BCUT2D eigenvalue weighted by molar-refractivity contribution is 8.18. The summed E-state index contributed by atoms with van der Waals surface area (Å²) in [5.74, 6) is -0.351. The Kier molecular flexibility index (Phi) is 8.27. The number of fused-ring (bicyclic) bond motifs is 1. The molecule has 0 aromatic heterocycles. The number of halogens is 2. The minimum atomic E-state index is -0.493. The van der Waals surface area contributed by atoms with Gasteiger partial charge in [0.1, 0.15) is 13.2 Å². The van der Waals surface area contributed by atoms with Crippen molar-refractivity contribution >= 4 is 68.9 Å². The summed E-state index contributed by atoms with van der Waals surface area (Å²) in [6, 6.07) is 17.4. The zero-order valence-corrected chi connectivity index (χ0v) is 23.0. The van der Waals surface area contributed by atoms with Crippen molar-refractivity contribution in [3.63, 3.8) is 0 Å². The highest BCUT2D eigenvalue weighted by Crippen LogP contribution is 2.38. The number of carbonyl (C=O) groups is 3. The summed E-state index contributed by atoms with van der Waals surface area (Å²) in [6.45, 7) is 1.37. The largest absolute Gasteiger partial charge is 0.486 e. The van der Waals surface area contributed by atoms with Crippen LogP contribution in [0.15, 0.2) is 59.5 Å². The molecule has 3 aromatic carbocycles. The molecule has 0 atom stereocenters. The van der Waals surface area contributed by atoms with Gasteiger partial charge in [0.2, 0.25) is 5.91 Å². The zero-order chi connectivity index (χ0) is 26.6. The number of ether oxygens (including phenoxy) is 1. The van der Waals surface area contributed by atoms with Crippen LogP contribution < -0.4 is 4.74 Å². The number of thioether (sulfide) groups is 1. The van der Waals surface area contributed by atoms with Crippen LogP contribution in [0, 0.1) is 0 Å². The molecule has 38 heavy (non-hydrogen) atoms. The zero-order valence-electron chi connectivity index (χ0n) is 20.6. The highest BCUT2D eigenvalue weighted by atomic mass is 35.5. The molecule has 0 unspecified atom stereocenters. The van der Waals surface area contributed by atoms with Crippen molar-refractivity contribution in [3.05, 3.63) is 80.7 Å².